The van der Waals surface area contributed by atoms with Crippen molar-refractivity contribution in [3.8, 4) is 0 Å². The van der Waals surface area contributed by atoms with E-state index < -0.39 is 0 Å². The summed E-state index contributed by atoms with van der Waals surface area (Å²) in [7, 11) is 0. The first-order valence-electron chi connectivity index (χ1n) is 7.48. The predicted octanol–water partition coefficient (Wildman–Crippen LogP) is 4.14. The maximum absolute atomic E-state index is 11.9. The van der Waals surface area contributed by atoms with E-state index in [1.54, 1.807) is 11.8 Å². The summed E-state index contributed by atoms with van der Waals surface area (Å²) in [6.45, 7) is 6.64. The third-order valence-corrected chi connectivity index (χ3v) is 4.82. The molecule has 3 heteroatoms. The smallest absolute Gasteiger partial charge is 0.230 e. The molecular weight excluding hydrogens is 266 g/mol. The van der Waals surface area contributed by atoms with E-state index in [9.17, 15) is 4.79 Å². The molecule has 1 aromatic rings. The molecule has 1 N–H and O–H groups in total. The third kappa shape index (κ3) is 4.55. The summed E-state index contributed by atoms with van der Waals surface area (Å²) >= 11 is 1.62. The summed E-state index contributed by atoms with van der Waals surface area (Å²) < 4.78 is 0. The van der Waals surface area contributed by atoms with Crippen LogP contribution in [0.4, 0.5) is 0 Å². The second-order valence-electron chi connectivity index (χ2n) is 6.61. The molecular formula is C17H25NOS. The van der Waals surface area contributed by atoms with E-state index in [1.807, 2.05) is 0 Å². The van der Waals surface area contributed by atoms with Crippen LogP contribution < -0.4 is 5.32 Å². The fourth-order valence-corrected chi connectivity index (χ4v) is 3.25. The molecule has 2 rings (SSSR count). The van der Waals surface area contributed by atoms with Gasteiger partial charge in [0.25, 0.3) is 0 Å². The molecule has 0 aromatic heterocycles. The van der Waals surface area contributed by atoms with Crippen LogP contribution in [0.2, 0.25) is 0 Å². The Labute approximate surface area is 126 Å². The number of amides is 1. The van der Waals surface area contributed by atoms with Crippen molar-refractivity contribution >= 4 is 17.7 Å². The SMILES string of the molecule is CC(C)(C)c1ccc(SCC(=O)NC2CCCC2)cc1. The predicted molar refractivity (Wildman–Crippen MR) is 86.3 cm³/mol. The summed E-state index contributed by atoms with van der Waals surface area (Å²) in [5.74, 6) is 0.688. The third-order valence-electron chi connectivity index (χ3n) is 3.81. The lowest BCUT2D eigenvalue weighted by Gasteiger charge is -2.19. The fraction of sp³-hybridized carbons (Fsp3) is 0.588. The molecule has 0 spiro atoms. The van der Waals surface area contributed by atoms with Crippen molar-refractivity contribution in [1.82, 2.24) is 5.32 Å². The van der Waals surface area contributed by atoms with E-state index >= 15 is 0 Å². The van der Waals surface area contributed by atoms with Crippen LogP contribution in [0.5, 0.6) is 0 Å². The number of carbonyl (C=O) groups excluding carboxylic acids is 1. The first kappa shape index (κ1) is 15.4. The minimum Gasteiger partial charge on any atom is -0.353 e. The number of benzene rings is 1. The van der Waals surface area contributed by atoms with Gasteiger partial charge < -0.3 is 5.32 Å². The molecule has 0 radical (unpaired) electrons. The summed E-state index contributed by atoms with van der Waals surface area (Å²) in [4.78, 5) is 13.0. The maximum Gasteiger partial charge on any atom is 0.230 e. The number of hydrogen-bond donors (Lipinski definition) is 1. The molecule has 0 heterocycles. The Hall–Kier alpha value is -0.960. The Kier molecular flexibility index (Phi) is 5.14. The van der Waals surface area contributed by atoms with Crippen LogP contribution in [-0.4, -0.2) is 17.7 Å². The van der Waals surface area contributed by atoms with Crippen molar-refractivity contribution in [1.29, 1.82) is 0 Å². The van der Waals surface area contributed by atoms with Gasteiger partial charge in [0.05, 0.1) is 5.75 Å². The lowest BCUT2D eigenvalue weighted by atomic mass is 9.87. The number of thioether (sulfide) groups is 1. The Bertz CT molecular complexity index is 441. The summed E-state index contributed by atoms with van der Waals surface area (Å²) in [6, 6.07) is 8.99. The van der Waals surface area contributed by atoms with Gasteiger partial charge in [0.15, 0.2) is 0 Å². The summed E-state index contributed by atoms with van der Waals surface area (Å²) in [5, 5.41) is 3.12. The van der Waals surface area contributed by atoms with Crippen LogP contribution in [0, 0.1) is 0 Å². The Balaban J connectivity index is 1.80. The highest BCUT2D eigenvalue weighted by atomic mass is 32.2. The molecule has 0 atom stereocenters. The zero-order valence-electron chi connectivity index (χ0n) is 12.7. The van der Waals surface area contributed by atoms with E-state index in [2.05, 4.69) is 50.4 Å². The molecule has 0 aliphatic heterocycles. The largest absolute Gasteiger partial charge is 0.353 e. The van der Waals surface area contributed by atoms with Crippen molar-refractivity contribution in [3.63, 3.8) is 0 Å². The van der Waals surface area contributed by atoms with Crippen LogP contribution in [0.3, 0.4) is 0 Å². The first-order chi connectivity index (χ1) is 9.45. The molecule has 1 aliphatic rings. The Morgan fingerprint density at radius 3 is 2.35 bits per heavy atom. The second-order valence-corrected chi connectivity index (χ2v) is 7.66. The topological polar surface area (TPSA) is 29.1 Å². The van der Waals surface area contributed by atoms with Gasteiger partial charge in [-0.15, -0.1) is 11.8 Å². The van der Waals surface area contributed by atoms with Gasteiger partial charge in [-0.25, -0.2) is 0 Å². The maximum atomic E-state index is 11.9. The van der Waals surface area contributed by atoms with E-state index in [4.69, 9.17) is 0 Å². The minimum absolute atomic E-state index is 0.168. The number of carbonyl (C=O) groups is 1. The molecule has 110 valence electrons. The summed E-state index contributed by atoms with van der Waals surface area (Å²) in [6.07, 6.45) is 4.81. The molecule has 0 bridgehead atoms. The van der Waals surface area contributed by atoms with Crippen LogP contribution >= 0.6 is 11.8 Å². The van der Waals surface area contributed by atoms with E-state index in [0.717, 1.165) is 12.8 Å². The van der Waals surface area contributed by atoms with Crippen molar-refractivity contribution in [3.05, 3.63) is 29.8 Å². The molecule has 1 saturated carbocycles. The molecule has 0 unspecified atom stereocenters. The highest BCUT2D eigenvalue weighted by molar-refractivity contribution is 8.00. The zero-order valence-corrected chi connectivity index (χ0v) is 13.6. The monoisotopic (exact) mass is 291 g/mol. The molecule has 1 aromatic carbocycles. The summed E-state index contributed by atoms with van der Waals surface area (Å²) in [5.41, 5.74) is 1.51. The second kappa shape index (κ2) is 6.66. The van der Waals surface area contributed by atoms with E-state index in [0.29, 0.717) is 11.8 Å². The van der Waals surface area contributed by atoms with E-state index in [-0.39, 0.29) is 11.3 Å². The van der Waals surface area contributed by atoms with Crippen LogP contribution in [0.1, 0.15) is 52.0 Å². The lowest BCUT2D eigenvalue weighted by molar-refractivity contribution is -0.119. The molecule has 2 nitrogen and oxygen atoms in total. The number of nitrogens with one attached hydrogen (secondary N) is 1. The van der Waals surface area contributed by atoms with Crippen molar-refractivity contribution in [2.45, 2.75) is 62.8 Å². The van der Waals surface area contributed by atoms with Crippen LogP contribution in [0.15, 0.2) is 29.2 Å². The highest BCUT2D eigenvalue weighted by Crippen LogP contribution is 2.25. The molecule has 1 aliphatic carbocycles. The fourth-order valence-electron chi connectivity index (χ4n) is 2.54. The van der Waals surface area contributed by atoms with Gasteiger partial charge in [0.1, 0.15) is 0 Å². The normalized spacial score (nSPS) is 16.4. The Morgan fingerprint density at radius 1 is 1.20 bits per heavy atom. The minimum atomic E-state index is 0.168. The Morgan fingerprint density at radius 2 is 1.80 bits per heavy atom. The standard InChI is InChI=1S/C17H25NOS/c1-17(2,3)13-8-10-15(11-9-13)20-12-16(19)18-14-6-4-5-7-14/h8-11,14H,4-7,12H2,1-3H3,(H,18,19). The number of hydrogen-bond acceptors (Lipinski definition) is 2. The van der Waals surface area contributed by atoms with Crippen LogP contribution in [0.25, 0.3) is 0 Å². The molecule has 1 fully saturated rings. The van der Waals surface area contributed by atoms with Crippen molar-refractivity contribution < 1.29 is 4.79 Å². The van der Waals surface area contributed by atoms with Crippen molar-refractivity contribution in [2.24, 2.45) is 0 Å². The average molecular weight is 291 g/mol. The first-order valence-corrected chi connectivity index (χ1v) is 8.46. The molecule has 20 heavy (non-hydrogen) atoms. The number of rotatable bonds is 4. The average Bonchev–Trinajstić information content (AvgIpc) is 2.88. The zero-order chi connectivity index (χ0) is 14.6. The van der Waals surface area contributed by atoms with Crippen molar-refractivity contribution in [2.75, 3.05) is 5.75 Å². The van der Waals surface area contributed by atoms with Gasteiger partial charge in [-0.3, -0.25) is 4.79 Å². The van der Waals surface area contributed by atoms with Gasteiger partial charge in [-0.2, -0.15) is 0 Å². The quantitative estimate of drug-likeness (QED) is 0.845. The highest BCUT2D eigenvalue weighted by Gasteiger charge is 2.17. The lowest BCUT2D eigenvalue weighted by Crippen LogP contribution is -2.33. The van der Waals surface area contributed by atoms with E-state index in [1.165, 1.54) is 23.3 Å². The molecule has 0 saturated heterocycles. The van der Waals surface area contributed by atoms with Gasteiger partial charge in [0, 0.05) is 10.9 Å². The molecule has 1 amide bonds. The van der Waals surface area contributed by atoms with Gasteiger partial charge in [-0.05, 0) is 36.0 Å². The van der Waals surface area contributed by atoms with Gasteiger partial charge in [0.2, 0.25) is 5.91 Å². The van der Waals surface area contributed by atoms with Gasteiger partial charge >= 0.3 is 0 Å². The van der Waals surface area contributed by atoms with Crippen LogP contribution in [-0.2, 0) is 10.2 Å². The van der Waals surface area contributed by atoms with Gasteiger partial charge in [-0.1, -0.05) is 45.7 Å².